The summed E-state index contributed by atoms with van der Waals surface area (Å²) in [5, 5.41) is 15.6. The van der Waals surface area contributed by atoms with Crippen molar-refractivity contribution in [3.63, 3.8) is 0 Å². The number of nitrogens with one attached hydrogen (secondary N) is 2. The highest BCUT2D eigenvalue weighted by Crippen LogP contribution is 2.29. The smallest absolute Gasteiger partial charge is 0.389 e. The number of benzene rings is 2. The van der Waals surface area contributed by atoms with Gasteiger partial charge in [0.25, 0.3) is 5.91 Å². The number of aliphatic hydroxyl groups excluding tert-OH is 1. The fourth-order valence-electron chi connectivity index (χ4n) is 5.09. The first-order valence-corrected chi connectivity index (χ1v) is 15.5. The first kappa shape index (κ1) is 36.6. The molecule has 3 N–H and O–H groups in total. The number of hydrogen-bond donors (Lipinski definition) is 3. The molecule has 0 saturated heterocycles. The maximum atomic E-state index is 14.2. The average Bonchev–Trinajstić information content (AvgIpc) is 3.01. The number of fused-ring (bicyclic) bond motifs is 1. The van der Waals surface area contributed by atoms with Gasteiger partial charge in [-0.1, -0.05) is 25.1 Å². The molecule has 3 rings (SSSR count). The molecule has 0 spiro atoms. The Morgan fingerprint density at radius 2 is 1.78 bits per heavy atom. The maximum Gasteiger partial charge on any atom is 0.389 e. The van der Waals surface area contributed by atoms with Crippen LogP contribution in [0.15, 0.2) is 48.5 Å². The Morgan fingerprint density at radius 1 is 1.09 bits per heavy atom. The van der Waals surface area contributed by atoms with E-state index >= 15 is 0 Å². The van der Waals surface area contributed by atoms with Gasteiger partial charge in [0, 0.05) is 50.5 Å². The molecule has 0 aliphatic carbocycles. The van der Waals surface area contributed by atoms with Crippen LogP contribution in [-0.2, 0) is 9.53 Å². The van der Waals surface area contributed by atoms with Gasteiger partial charge in [0.1, 0.15) is 5.75 Å². The molecule has 254 valence electrons. The van der Waals surface area contributed by atoms with Crippen molar-refractivity contribution >= 4 is 29.2 Å². The van der Waals surface area contributed by atoms with E-state index in [-0.39, 0.29) is 37.3 Å². The van der Waals surface area contributed by atoms with Crippen LogP contribution in [0.2, 0.25) is 0 Å². The Morgan fingerprint density at radius 3 is 2.46 bits per heavy atom. The normalized spacial score (nSPS) is 20.5. The lowest BCUT2D eigenvalue weighted by atomic mass is 10.0. The summed E-state index contributed by atoms with van der Waals surface area (Å²) >= 11 is 0. The van der Waals surface area contributed by atoms with Crippen LogP contribution in [0.5, 0.6) is 5.75 Å². The number of para-hydroxylation sites is 1. The molecule has 0 fully saturated rings. The molecule has 1 aliphatic heterocycles. The van der Waals surface area contributed by atoms with Crippen LogP contribution >= 0.6 is 0 Å². The molecule has 4 atom stereocenters. The van der Waals surface area contributed by atoms with Gasteiger partial charge in [0.05, 0.1) is 36.8 Å². The minimum absolute atomic E-state index is 0.0358. The quantitative estimate of drug-likeness (QED) is 0.326. The summed E-state index contributed by atoms with van der Waals surface area (Å²) in [6.07, 6.45) is -5.08. The van der Waals surface area contributed by atoms with E-state index in [4.69, 9.17) is 9.47 Å². The zero-order chi connectivity index (χ0) is 33.9. The molecule has 0 bridgehead atoms. The van der Waals surface area contributed by atoms with E-state index in [1.807, 2.05) is 19.9 Å². The third-order valence-corrected chi connectivity index (χ3v) is 7.84. The maximum absolute atomic E-state index is 14.2. The minimum Gasteiger partial charge on any atom is -0.490 e. The van der Waals surface area contributed by atoms with E-state index < -0.39 is 49.0 Å². The van der Waals surface area contributed by atoms with Crippen LogP contribution in [0, 0.1) is 5.92 Å². The van der Waals surface area contributed by atoms with Crippen molar-refractivity contribution in [2.75, 3.05) is 44.0 Å². The van der Waals surface area contributed by atoms with Gasteiger partial charge in [-0.25, -0.2) is 4.79 Å². The molecule has 2 aromatic rings. The zero-order valence-corrected chi connectivity index (χ0v) is 26.8. The summed E-state index contributed by atoms with van der Waals surface area (Å²) in [6.45, 7) is 5.57. The molecule has 46 heavy (non-hydrogen) atoms. The summed E-state index contributed by atoms with van der Waals surface area (Å²) in [4.78, 5) is 42.1. The number of amides is 4. The number of alkyl halides is 3. The highest BCUT2D eigenvalue weighted by Gasteiger charge is 2.32. The van der Waals surface area contributed by atoms with Gasteiger partial charge >= 0.3 is 12.2 Å². The number of likely N-dealkylation sites (N-methyl/N-ethyl adjacent to an activating group) is 1. The monoisotopic (exact) mass is 650 g/mol. The highest BCUT2D eigenvalue weighted by atomic mass is 19.4. The van der Waals surface area contributed by atoms with Gasteiger partial charge < -0.3 is 35.0 Å². The van der Waals surface area contributed by atoms with Gasteiger partial charge in [-0.3, -0.25) is 9.59 Å². The first-order chi connectivity index (χ1) is 21.8. The van der Waals surface area contributed by atoms with Crippen LogP contribution < -0.4 is 15.4 Å². The molecule has 10 nitrogen and oxygen atoms in total. The first-order valence-electron chi connectivity index (χ1n) is 15.5. The molecular weight excluding hydrogens is 605 g/mol. The van der Waals surface area contributed by atoms with Crippen molar-refractivity contribution in [1.82, 2.24) is 9.80 Å². The summed E-state index contributed by atoms with van der Waals surface area (Å²) in [7, 11) is 1.44. The van der Waals surface area contributed by atoms with Crippen molar-refractivity contribution < 1.29 is 42.1 Å². The molecular formula is C33H45F3N4O6. The van der Waals surface area contributed by atoms with Crippen LogP contribution in [-0.4, -0.2) is 90.5 Å². The van der Waals surface area contributed by atoms with Crippen molar-refractivity contribution in [1.29, 1.82) is 0 Å². The summed E-state index contributed by atoms with van der Waals surface area (Å²) < 4.78 is 50.6. The van der Waals surface area contributed by atoms with Gasteiger partial charge in [0.2, 0.25) is 5.91 Å². The number of ether oxygens (including phenoxy) is 2. The summed E-state index contributed by atoms with van der Waals surface area (Å²) in [5.74, 6) is -1.15. The number of halogens is 3. The van der Waals surface area contributed by atoms with Crippen molar-refractivity contribution in [3.05, 3.63) is 54.1 Å². The standard InChI is InChI=1S/C33H45F3N4O6/c1-22-19-40(23(2)21-41)31(43)27-18-26(38-32(44)37-25-11-6-5-7-12-25)13-14-28(27)46-24(3)10-8-9-17-45-29(22)20-39(4)30(42)15-16-33(34,35)36/h5-7,11-14,18,22-24,29,41H,8-10,15-17,19-21H2,1-4H3,(H2,37,38,44)/t22-,23+,24+,29+/m0/s1. The number of rotatable bonds is 8. The van der Waals surface area contributed by atoms with E-state index in [9.17, 15) is 32.7 Å². The van der Waals surface area contributed by atoms with E-state index in [0.29, 0.717) is 36.6 Å². The zero-order valence-electron chi connectivity index (χ0n) is 26.8. The van der Waals surface area contributed by atoms with E-state index in [1.165, 1.54) is 22.9 Å². The molecule has 4 amide bonds. The van der Waals surface area contributed by atoms with Crippen molar-refractivity contribution in [2.45, 2.75) is 77.3 Å². The van der Waals surface area contributed by atoms with Gasteiger partial charge in [-0.15, -0.1) is 0 Å². The number of urea groups is 1. The molecule has 0 radical (unpaired) electrons. The number of anilines is 2. The molecule has 0 unspecified atom stereocenters. The van der Waals surface area contributed by atoms with E-state index in [2.05, 4.69) is 10.6 Å². The molecule has 0 aromatic heterocycles. The lowest BCUT2D eigenvalue weighted by Gasteiger charge is -2.36. The third kappa shape index (κ3) is 11.5. The van der Waals surface area contributed by atoms with Crippen LogP contribution in [0.1, 0.15) is 63.2 Å². The van der Waals surface area contributed by atoms with Crippen LogP contribution in [0.3, 0.4) is 0 Å². The topological polar surface area (TPSA) is 120 Å². The Kier molecular flexibility index (Phi) is 13.7. The molecule has 13 heteroatoms. The largest absolute Gasteiger partial charge is 0.490 e. The number of hydrogen-bond acceptors (Lipinski definition) is 6. The van der Waals surface area contributed by atoms with Crippen molar-refractivity contribution in [3.8, 4) is 5.75 Å². The second-order valence-corrected chi connectivity index (χ2v) is 11.8. The second kappa shape index (κ2) is 17.2. The predicted molar refractivity (Wildman–Crippen MR) is 169 cm³/mol. The molecule has 1 heterocycles. The Balaban J connectivity index is 1.89. The number of carbonyl (C=O) groups excluding carboxylic acids is 3. The number of nitrogens with zero attached hydrogens (tertiary/aromatic N) is 2. The summed E-state index contributed by atoms with van der Waals surface area (Å²) in [6, 6.07) is 12.6. The SMILES string of the molecule is C[C@@H]1CCCCO[C@H](CN(C)C(=O)CCC(F)(F)F)[C@@H](C)CN([C@H](C)CO)C(=O)c2cc(NC(=O)Nc3ccccc3)ccc2O1. The average molecular weight is 651 g/mol. The number of carbonyl (C=O) groups is 3. The second-order valence-electron chi connectivity index (χ2n) is 11.8. The Bertz CT molecular complexity index is 1300. The minimum atomic E-state index is -4.44. The van der Waals surface area contributed by atoms with Gasteiger partial charge in [-0.2, -0.15) is 13.2 Å². The fourth-order valence-corrected chi connectivity index (χ4v) is 5.09. The van der Waals surface area contributed by atoms with E-state index in [1.54, 1.807) is 43.3 Å². The lowest BCUT2D eigenvalue weighted by molar-refractivity contribution is -0.149. The fraction of sp³-hybridized carbons (Fsp3) is 0.545. The molecule has 0 saturated carbocycles. The number of aliphatic hydroxyl groups is 1. The summed E-state index contributed by atoms with van der Waals surface area (Å²) in [5.41, 5.74) is 1.13. The lowest BCUT2D eigenvalue weighted by Crippen LogP contribution is -2.48. The van der Waals surface area contributed by atoms with E-state index in [0.717, 1.165) is 6.42 Å². The Hall–Kier alpha value is -3.84. The van der Waals surface area contributed by atoms with Crippen LogP contribution in [0.25, 0.3) is 0 Å². The van der Waals surface area contributed by atoms with Gasteiger partial charge in [-0.05, 0) is 63.4 Å². The van der Waals surface area contributed by atoms with Gasteiger partial charge in [0.15, 0.2) is 0 Å². The van der Waals surface area contributed by atoms with Crippen molar-refractivity contribution in [2.24, 2.45) is 5.92 Å². The predicted octanol–water partition coefficient (Wildman–Crippen LogP) is 5.93. The third-order valence-electron chi connectivity index (χ3n) is 7.84. The Labute approximate surface area is 268 Å². The van der Waals surface area contributed by atoms with Crippen LogP contribution in [0.4, 0.5) is 29.3 Å². The molecule has 1 aliphatic rings. The molecule has 2 aromatic carbocycles. The highest BCUT2D eigenvalue weighted by molar-refractivity contribution is 6.02.